The summed E-state index contributed by atoms with van der Waals surface area (Å²) >= 11 is 0. The minimum atomic E-state index is -0.0590. The molecule has 0 spiro atoms. The molecule has 1 atom stereocenters. The number of nitrogens with one attached hydrogen (secondary N) is 1. The number of carbonyl (C=O) groups is 1. The predicted molar refractivity (Wildman–Crippen MR) is 58.4 cm³/mol. The SMILES string of the molecule is CNC(C)C(=O)Cc1ccc(C)cc1. The Morgan fingerprint density at radius 1 is 1.36 bits per heavy atom. The maximum absolute atomic E-state index is 11.6. The van der Waals surface area contributed by atoms with Crippen LogP contribution >= 0.6 is 0 Å². The average molecular weight is 191 g/mol. The van der Waals surface area contributed by atoms with Crippen LogP contribution in [0.5, 0.6) is 0 Å². The van der Waals surface area contributed by atoms with E-state index in [1.54, 1.807) is 7.05 Å². The fourth-order valence-electron chi connectivity index (χ4n) is 1.22. The highest BCUT2D eigenvalue weighted by Gasteiger charge is 2.10. The fraction of sp³-hybridized carbons (Fsp3) is 0.417. The van der Waals surface area contributed by atoms with Crippen molar-refractivity contribution in [1.82, 2.24) is 5.32 Å². The molecule has 0 aliphatic heterocycles. The van der Waals surface area contributed by atoms with E-state index in [0.29, 0.717) is 6.42 Å². The molecular formula is C12H17NO. The third-order valence-corrected chi connectivity index (χ3v) is 2.41. The van der Waals surface area contributed by atoms with E-state index in [1.165, 1.54) is 5.56 Å². The Hall–Kier alpha value is -1.15. The minimum Gasteiger partial charge on any atom is -0.311 e. The summed E-state index contributed by atoms with van der Waals surface area (Å²) in [5.74, 6) is 0.233. The van der Waals surface area contributed by atoms with Crippen LogP contribution in [-0.4, -0.2) is 18.9 Å². The lowest BCUT2D eigenvalue weighted by Gasteiger charge is -2.08. The zero-order valence-corrected chi connectivity index (χ0v) is 9.00. The zero-order valence-electron chi connectivity index (χ0n) is 9.00. The first-order valence-electron chi connectivity index (χ1n) is 4.89. The Bertz CT molecular complexity index is 303. The minimum absolute atomic E-state index is 0.0590. The van der Waals surface area contributed by atoms with Crippen molar-refractivity contribution in [3.8, 4) is 0 Å². The van der Waals surface area contributed by atoms with E-state index in [1.807, 2.05) is 38.1 Å². The normalized spacial score (nSPS) is 12.5. The number of ketones is 1. The molecule has 76 valence electrons. The molecule has 0 radical (unpaired) electrons. The average Bonchev–Trinajstić information content (AvgIpc) is 2.20. The highest BCUT2D eigenvalue weighted by molar-refractivity contribution is 5.85. The summed E-state index contributed by atoms with van der Waals surface area (Å²) in [4.78, 5) is 11.6. The standard InChI is InChI=1S/C12H17NO/c1-9-4-6-11(7-5-9)8-12(14)10(2)13-3/h4-7,10,13H,8H2,1-3H3. The zero-order chi connectivity index (χ0) is 10.6. The van der Waals surface area contributed by atoms with Crippen LogP contribution in [-0.2, 0) is 11.2 Å². The first-order chi connectivity index (χ1) is 6.63. The van der Waals surface area contributed by atoms with Gasteiger partial charge in [-0.1, -0.05) is 29.8 Å². The molecule has 1 rings (SSSR count). The summed E-state index contributed by atoms with van der Waals surface area (Å²) in [5.41, 5.74) is 2.31. The Morgan fingerprint density at radius 3 is 2.43 bits per heavy atom. The van der Waals surface area contributed by atoms with Crippen LogP contribution in [0.15, 0.2) is 24.3 Å². The number of hydrogen-bond donors (Lipinski definition) is 1. The molecule has 14 heavy (non-hydrogen) atoms. The van der Waals surface area contributed by atoms with Gasteiger partial charge in [0, 0.05) is 6.42 Å². The molecule has 0 aliphatic rings. The van der Waals surface area contributed by atoms with E-state index in [2.05, 4.69) is 5.32 Å². The summed E-state index contributed by atoms with van der Waals surface area (Å²) in [6, 6.07) is 8.03. The predicted octanol–water partition coefficient (Wildman–Crippen LogP) is 1.71. The third-order valence-electron chi connectivity index (χ3n) is 2.41. The van der Waals surface area contributed by atoms with Crippen LogP contribution in [0.1, 0.15) is 18.1 Å². The van der Waals surface area contributed by atoms with Gasteiger partial charge in [0.15, 0.2) is 5.78 Å². The molecule has 0 aliphatic carbocycles. The molecule has 2 heteroatoms. The lowest BCUT2D eigenvalue weighted by molar-refractivity contribution is -0.119. The van der Waals surface area contributed by atoms with Crippen LogP contribution in [0, 0.1) is 6.92 Å². The number of carbonyl (C=O) groups excluding carboxylic acids is 1. The van der Waals surface area contributed by atoms with Gasteiger partial charge in [0.05, 0.1) is 6.04 Å². The van der Waals surface area contributed by atoms with Gasteiger partial charge >= 0.3 is 0 Å². The maximum atomic E-state index is 11.6. The number of hydrogen-bond acceptors (Lipinski definition) is 2. The molecule has 0 heterocycles. The van der Waals surface area contributed by atoms with Gasteiger partial charge in [-0.3, -0.25) is 4.79 Å². The second kappa shape index (κ2) is 4.91. The van der Waals surface area contributed by atoms with Crippen molar-refractivity contribution in [2.75, 3.05) is 7.05 Å². The van der Waals surface area contributed by atoms with Crippen LogP contribution in [0.4, 0.5) is 0 Å². The summed E-state index contributed by atoms with van der Waals surface area (Å²) in [7, 11) is 1.80. The summed E-state index contributed by atoms with van der Waals surface area (Å²) in [6.45, 7) is 3.93. The molecular weight excluding hydrogens is 174 g/mol. The molecule has 0 fully saturated rings. The van der Waals surface area contributed by atoms with Gasteiger partial charge < -0.3 is 5.32 Å². The van der Waals surface area contributed by atoms with Crippen molar-refractivity contribution >= 4 is 5.78 Å². The van der Waals surface area contributed by atoms with Gasteiger partial charge in [0.2, 0.25) is 0 Å². The first kappa shape index (κ1) is 10.9. The number of rotatable bonds is 4. The quantitative estimate of drug-likeness (QED) is 0.785. The van der Waals surface area contributed by atoms with Crippen molar-refractivity contribution in [2.24, 2.45) is 0 Å². The molecule has 2 nitrogen and oxygen atoms in total. The first-order valence-corrected chi connectivity index (χ1v) is 4.89. The lowest BCUT2D eigenvalue weighted by atomic mass is 10.0. The third kappa shape index (κ3) is 2.96. The van der Waals surface area contributed by atoms with Crippen LogP contribution in [0.25, 0.3) is 0 Å². The molecule has 0 amide bonds. The van der Waals surface area contributed by atoms with E-state index >= 15 is 0 Å². The van der Waals surface area contributed by atoms with E-state index in [9.17, 15) is 4.79 Å². The van der Waals surface area contributed by atoms with E-state index in [-0.39, 0.29) is 11.8 Å². The Balaban J connectivity index is 2.60. The smallest absolute Gasteiger partial charge is 0.153 e. The monoisotopic (exact) mass is 191 g/mol. The van der Waals surface area contributed by atoms with Crippen LogP contribution in [0.2, 0.25) is 0 Å². The number of Topliss-reactive ketones (excluding diaryl/α,β-unsaturated/α-hetero) is 1. The van der Waals surface area contributed by atoms with E-state index in [4.69, 9.17) is 0 Å². The van der Waals surface area contributed by atoms with Gasteiger partial charge in [0.25, 0.3) is 0 Å². The van der Waals surface area contributed by atoms with Gasteiger partial charge in [-0.25, -0.2) is 0 Å². The van der Waals surface area contributed by atoms with E-state index < -0.39 is 0 Å². The molecule has 1 aromatic carbocycles. The molecule has 1 N–H and O–H groups in total. The number of likely N-dealkylation sites (N-methyl/N-ethyl adjacent to an activating group) is 1. The van der Waals surface area contributed by atoms with Crippen molar-refractivity contribution in [1.29, 1.82) is 0 Å². The van der Waals surface area contributed by atoms with Crippen LogP contribution in [0.3, 0.4) is 0 Å². The summed E-state index contributed by atoms with van der Waals surface area (Å²) in [5, 5.41) is 2.95. The Kier molecular flexibility index (Phi) is 3.84. The Morgan fingerprint density at radius 2 is 1.93 bits per heavy atom. The number of benzene rings is 1. The van der Waals surface area contributed by atoms with Gasteiger partial charge in [-0.05, 0) is 26.5 Å². The molecule has 0 bridgehead atoms. The number of aryl methyl sites for hydroxylation is 1. The van der Waals surface area contributed by atoms with Crippen LogP contribution < -0.4 is 5.32 Å². The topological polar surface area (TPSA) is 29.1 Å². The second-order valence-electron chi connectivity index (χ2n) is 3.64. The fourth-order valence-corrected chi connectivity index (χ4v) is 1.22. The molecule has 0 saturated heterocycles. The Labute approximate surface area is 85.3 Å². The molecule has 1 aromatic rings. The highest BCUT2D eigenvalue weighted by atomic mass is 16.1. The van der Waals surface area contributed by atoms with Crippen molar-refractivity contribution < 1.29 is 4.79 Å². The summed E-state index contributed by atoms with van der Waals surface area (Å²) in [6.07, 6.45) is 0.516. The summed E-state index contributed by atoms with van der Waals surface area (Å²) < 4.78 is 0. The molecule has 0 aromatic heterocycles. The molecule has 0 saturated carbocycles. The lowest BCUT2D eigenvalue weighted by Crippen LogP contribution is -2.31. The van der Waals surface area contributed by atoms with Gasteiger partial charge in [-0.15, -0.1) is 0 Å². The molecule has 1 unspecified atom stereocenters. The largest absolute Gasteiger partial charge is 0.311 e. The van der Waals surface area contributed by atoms with Crippen molar-refractivity contribution in [3.05, 3.63) is 35.4 Å². The second-order valence-corrected chi connectivity index (χ2v) is 3.64. The van der Waals surface area contributed by atoms with Gasteiger partial charge in [-0.2, -0.15) is 0 Å². The van der Waals surface area contributed by atoms with Crippen molar-refractivity contribution in [3.63, 3.8) is 0 Å². The van der Waals surface area contributed by atoms with E-state index in [0.717, 1.165) is 5.56 Å². The van der Waals surface area contributed by atoms with Gasteiger partial charge in [0.1, 0.15) is 0 Å². The highest BCUT2D eigenvalue weighted by Crippen LogP contribution is 2.05. The van der Waals surface area contributed by atoms with Crippen molar-refractivity contribution in [2.45, 2.75) is 26.3 Å². The maximum Gasteiger partial charge on any atom is 0.153 e.